The molecule has 0 fully saturated rings. The number of aliphatic hydroxyl groups is 2. The van der Waals surface area contributed by atoms with E-state index < -0.39 is 223 Å². The van der Waals surface area contributed by atoms with Crippen molar-refractivity contribution in [1.29, 1.82) is 5.41 Å². The molecule has 15 amide bonds. The number of hydrogen-bond acceptors (Lipinski definition) is 24. The Kier molecular flexibility index (Phi) is 39.8. The summed E-state index contributed by atoms with van der Waals surface area (Å²) in [5.41, 5.74) is 19.8. The SMILES string of the molecule is CCC[C@@H]1NC(=O)[C@H](Cc2c[nH]c3ncccc23)NC(=O)[C@H]([C@@H](C)O)NC(=O)[C@H](Cc2cnc[nH]2)NC(=O)[C@H](Cc2ccc(C(N)=O)cc2)NC(=O)C(C(C)(C)C)NC(=O)[C@@H](NC(=O)[C@H](Cc2ccc(NC(=N)N)cc2)NC(C)=O)CSCc2cccc(c2)CSC[C@@H](C(N)=O)NC(=O)[C@H]([C@@H](C)O)NC(=O)[C@H](CCC)NC(=O)[C@H](Cc2ccc(O)cc2)NC(=O)[C@H](CCC(=O)O)NC1=O. The van der Waals surface area contributed by atoms with Gasteiger partial charge in [-0.15, -0.1) is 0 Å². The first kappa shape index (κ1) is 105. The molecular formula is C90H118N22O20S2. The molecule has 44 heteroatoms. The van der Waals surface area contributed by atoms with Crippen molar-refractivity contribution < 1.29 is 97.1 Å². The molecule has 720 valence electrons. The second-order valence-corrected chi connectivity index (χ2v) is 35.7. The number of fused-ring (bicyclic) bond motifs is 3. The van der Waals surface area contributed by atoms with Crippen LogP contribution in [0.1, 0.15) is 143 Å². The van der Waals surface area contributed by atoms with E-state index in [-0.39, 0.29) is 84.5 Å². The number of nitrogens with two attached hydrogens (primary N) is 3. The highest BCUT2D eigenvalue weighted by Gasteiger charge is 2.42. The Labute approximate surface area is 780 Å². The Morgan fingerprint density at radius 2 is 1.04 bits per heavy atom. The van der Waals surface area contributed by atoms with E-state index in [1.165, 1.54) is 99.1 Å². The van der Waals surface area contributed by atoms with Crippen molar-refractivity contribution in [2.45, 2.75) is 228 Å². The predicted molar refractivity (Wildman–Crippen MR) is 496 cm³/mol. The van der Waals surface area contributed by atoms with Gasteiger partial charge in [0.2, 0.25) is 88.6 Å². The van der Waals surface area contributed by atoms with Gasteiger partial charge in [-0.3, -0.25) is 82.1 Å². The third-order valence-corrected chi connectivity index (χ3v) is 23.7. The molecule has 4 aromatic carbocycles. The number of aliphatic hydroxyl groups excluding tert-OH is 2. The number of pyridine rings is 1. The largest absolute Gasteiger partial charge is 0.508 e. The van der Waals surface area contributed by atoms with Crippen LogP contribution in [0.15, 0.2) is 134 Å². The number of carboxylic acids is 1. The number of thioether (sulfide) groups is 2. The van der Waals surface area contributed by atoms with Crippen LogP contribution in [0.5, 0.6) is 5.75 Å². The first-order valence-corrected chi connectivity index (χ1v) is 45.6. The molecule has 0 aliphatic carbocycles. The van der Waals surface area contributed by atoms with Crippen LogP contribution in [-0.2, 0) is 116 Å². The minimum Gasteiger partial charge on any atom is -0.508 e. The van der Waals surface area contributed by atoms with Crippen LogP contribution in [-0.4, -0.2) is 243 Å². The number of aliphatic carboxylic acids is 1. The fraction of sp³-hybridized carbons (Fsp3) is 0.433. The molecule has 0 radical (unpaired) electrons. The van der Waals surface area contributed by atoms with E-state index in [9.17, 15) is 68.4 Å². The highest BCUT2D eigenvalue weighted by molar-refractivity contribution is 7.98. The van der Waals surface area contributed by atoms with Crippen LogP contribution in [0, 0.1) is 10.8 Å². The monoisotopic (exact) mass is 1890 g/mol. The van der Waals surface area contributed by atoms with E-state index in [1.54, 1.807) is 89.2 Å². The zero-order valence-electron chi connectivity index (χ0n) is 75.2. The molecule has 15 atom stereocenters. The van der Waals surface area contributed by atoms with Gasteiger partial charge < -0.3 is 122 Å². The zero-order valence-corrected chi connectivity index (χ0v) is 76.9. The quantitative estimate of drug-likeness (QED) is 0.0245. The second-order valence-electron chi connectivity index (χ2n) is 33.6. The minimum atomic E-state index is -2.00. The van der Waals surface area contributed by atoms with Gasteiger partial charge in [-0.25, -0.2) is 9.97 Å². The van der Waals surface area contributed by atoms with Gasteiger partial charge in [-0.05, 0) is 120 Å². The minimum absolute atomic E-state index is 0.0681. The maximum absolute atomic E-state index is 15.4. The molecule has 3 aromatic heterocycles. The average molecular weight is 1890 g/mol. The molecule has 8 rings (SSSR count). The van der Waals surface area contributed by atoms with Crippen LogP contribution in [0.2, 0.25) is 0 Å². The van der Waals surface area contributed by atoms with Crippen LogP contribution >= 0.6 is 23.5 Å². The summed E-state index contributed by atoms with van der Waals surface area (Å²) in [5, 5.41) is 87.8. The molecule has 1 aliphatic rings. The molecule has 7 aromatic rings. The average Bonchev–Trinajstić information content (AvgIpc) is 1.59. The number of benzene rings is 4. The number of rotatable bonds is 25. The molecule has 0 saturated heterocycles. The van der Waals surface area contributed by atoms with Crippen molar-refractivity contribution in [2.75, 3.05) is 16.8 Å². The first-order valence-electron chi connectivity index (χ1n) is 43.3. The number of nitrogens with one attached hydrogen (secondary N) is 17. The Balaban J connectivity index is 1.20. The van der Waals surface area contributed by atoms with Crippen molar-refractivity contribution in [3.63, 3.8) is 0 Å². The normalized spacial score (nSPS) is 22.3. The number of amides is 15. The molecule has 42 nitrogen and oxygen atoms in total. The maximum Gasteiger partial charge on any atom is 0.303 e. The number of aromatic amines is 2. The summed E-state index contributed by atoms with van der Waals surface area (Å²) in [6, 6.07) is 6.37. The summed E-state index contributed by atoms with van der Waals surface area (Å²) in [6.07, 6.45) is -0.959. The molecule has 2 bridgehead atoms. The van der Waals surface area contributed by atoms with E-state index in [0.717, 1.165) is 18.7 Å². The van der Waals surface area contributed by atoms with E-state index in [1.807, 2.05) is 6.07 Å². The lowest BCUT2D eigenvalue weighted by Gasteiger charge is -2.33. The van der Waals surface area contributed by atoms with E-state index in [0.29, 0.717) is 50.1 Å². The Bertz CT molecular complexity index is 5310. The lowest BCUT2D eigenvalue weighted by molar-refractivity contribution is -0.139. The fourth-order valence-electron chi connectivity index (χ4n) is 14.4. The standard InChI is InChI=1S/C90H118N22O20S2/c1-9-13-60-77(121)103-62(30-31-70(117)118)78(122)104-64(36-51-22-28-58(116)29-23-51)81(125)102-61(14-10-2)79(123)110-72(47(4)114)87(131)108-68(75(92)120)43-133-41-52-15-11-16-53(33-52)42-134-44-69(109-80(124)63(99-48(5)115)34-50-20-26-56(27-21-50)100-89(93)94)85(129)112-73(90(6,7)8)88(132)107-65(35-49-18-24-54(25-19-49)74(91)119)82(126)105-67(38-57-40-95-45-98-57)84(128)111-71(46(3)113)86(130)106-66(83(127)101-60)37-55-39-97-76-59(55)17-12-32-96-76/h11-12,15-29,32-33,39-40,45-47,60-69,71-73,113-114,116H,9-10,13-14,30-31,34-38,41-44H2,1-8H3,(H2,91,119)(H2,92,120)(H,95,98)(H,96,97)(H,99,115)(H,101,127)(H,102,125)(H,103,121)(H,104,122)(H,105,126)(H,106,130)(H,107,132)(H,108,131)(H,109,124)(H,110,123)(H,111,128)(H,112,129)(H,117,118)(H4,93,94,100)/t46-,47-,60+,61+,62+,63+,64+,65+,66+,67+,68+,69+,71+,72+,73?/m1/s1. The Hall–Kier alpha value is -14.0. The van der Waals surface area contributed by atoms with Crippen molar-refractivity contribution in [2.24, 2.45) is 22.6 Å². The number of phenols is 1. The third kappa shape index (κ3) is 32.8. The van der Waals surface area contributed by atoms with Gasteiger partial charge in [-0.1, -0.05) is 108 Å². The molecular weight excluding hydrogens is 1770 g/mol. The smallest absolute Gasteiger partial charge is 0.303 e. The molecule has 0 spiro atoms. The van der Waals surface area contributed by atoms with Gasteiger partial charge in [0.1, 0.15) is 89.9 Å². The van der Waals surface area contributed by atoms with E-state index in [4.69, 9.17) is 22.6 Å². The molecule has 4 heterocycles. The molecule has 0 saturated carbocycles. The fourth-order valence-corrected chi connectivity index (χ4v) is 16.4. The number of anilines is 1. The summed E-state index contributed by atoms with van der Waals surface area (Å²) in [5.74, 6) is -16.9. The van der Waals surface area contributed by atoms with E-state index >= 15 is 28.8 Å². The van der Waals surface area contributed by atoms with Crippen molar-refractivity contribution in [3.8, 4) is 5.75 Å². The zero-order chi connectivity index (χ0) is 98.2. The second kappa shape index (κ2) is 50.6. The first-order chi connectivity index (χ1) is 63.6. The van der Waals surface area contributed by atoms with Crippen LogP contribution in [0.3, 0.4) is 0 Å². The highest BCUT2D eigenvalue weighted by atomic mass is 32.2. The van der Waals surface area contributed by atoms with E-state index in [2.05, 4.69) is 94.4 Å². The predicted octanol–water partition coefficient (Wildman–Crippen LogP) is -0.830. The number of guanidine groups is 1. The Morgan fingerprint density at radius 3 is 1.54 bits per heavy atom. The number of carboxylic acid groups (broad SMARTS) is 1. The summed E-state index contributed by atoms with van der Waals surface area (Å²) in [6.45, 7) is 11.6. The molecule has 1 unspecified atom stereocenters. The topological polar surface area (TPSA) is 682 Å². The number of H-pyrrole nitrogens is 2. The lowest BCUT2D eigenvalue weighted by Crippen LogP contribution is -2.63. The van der Waals surface area contributed by atoms with Gasteiger partial charge in [-0.2, -0.15) is 23.5 Å². The summed E-state index contributed by atoms with van der Waals surface area (Å²) < 4.78 is 0. The molecule has 27 N–H and O–H groups in total. The Morgan fingerprint density at radius 1 is 0.552 bits per heavy atom. The number of carbonyl (C=O) groups excluding carboxylic acids is 15. The molecule has 134 heavy (non-hydrogen) atoms. The number of hydrogen-bond donors (Lipinski definition) is 24. The van der Waals surface area contributed by atoms with Crippen LogP contribution in [0.4, 0.5) is 5.69 Å². The van der Waals surface area contributed by atoms with Gasteiger partial charge in [0.15, 0.2) is 5.96 Å². The summed E-state index contributed by atoms with van der Waals surface area (Å²) in [7, 11) is 0. The summed E-state index contributed by atoms with van der Waals surface area (Å²) >= 11 is 2.33. The van der Waals surface area contributed by atoms with Gasteiger partial charge >= 0.3 is 5.97 Å². The number of aromatic nitrogens is 4. The number of nitrogens with zero attached hydrogens (tertiary/aromatic N) is 2. The van der Waals surface area contributed by atoms with Gasteiger partial charge in [0, 0.05) is 109 Å². The third-order valence-electron chi connectivity index (χ3n) is 21.5. The van der Waals surface area contributed by atoms with Crippen molar-refractivity contribution in [3.05, 3.63) is 179 Å². The maximum atomic E-state index is 15.4. The highest BCUT2D eigenvalue weighted by Crippen LogP contribution is 2.26. The number of carbonyl (C=O) groups is 16. The number of phenolic OH excluding ortho intramolecular Hbond substituents is 1. The number of imidazole rings is 1. The van der Waals surface area contributed by atoms with Crippen LogP contribution in [0.25, 0.3) is 11.0 Å². The lowest BCUT2D eigenvalue weighted by atomic mass is 9.85. The summed E-state index contributed by atoms with van der Waals surface area (Å²) in [4.78, 5) is 245. The van der Waals surface area contributed by atoms with Gasteiger partial charge in [0.25, 0.3) is 0 Å². The molecule has 1 aliphatic heterocycles. The van der Waals surface area contributed by atoms with Crippen molar-refractivity contribution >= 4 is 141 Å². The number of aromatic hydroxyl groups is 1. The van der Waals surface area contributed by atoms with Crippen LogP contribution < -0.4 is 91.6 Å². The van der Waals surface area contributed by atoms with Crippen molar-refractivity contribution in [1.82, 2.24) is 89.1 Å². The van der Waals surface area contributed by atoms with Gasteiger partial charge in [0.05, 0.1) is 18.5 Å². The number of primary amides is 2.